The highest BCUT2D eigenvalue weighted by Crippen LogP contribution is 2.35. The molecule has 1 aliphatic carbocycles. The average molecular weight is 263 g/mol. The zero-order valence-corrected chi connectivity index (χ0v) is 12.2. The molecule has 1 aromatic carbocycles. The van der Waals surface area contributed by atoms with Crippen LogP contribution in [0, 0.1) is 5.92 Å². The molecule has 2 N–H and O–H groups in total. The Morgan fingerprint density at radius 1 is 1.16 bits per heavy atom. The minimum absolute atomic E-state index is 0.0892. The number of hydrogen-bond donors (Lipinski definition) is 1. The molecule has 0 aliphatic heterocycles. The van der Waals surface area contributed by atoms with E-state index < -0.39 is 0 Å². The van der Waals surface area contributed by atoms with Crippen molar-refractivity contribution in [1.29, 1.82) is 0 Å². The van der Waals surface area contributed by atoms with Crippen molar-refractivity contribution in [2.45, 2.75) is 51.7 Å². The Bertz CT molecular complexity index is 409. The van der Waals surface area contributed by atoms with Crippen molar-refractivity contribution in [3.63, 3.8) is 0 Å². The molecule has 3 nitrogen and oxygen atoms in total. The van der Waals surface area contributed by atoms with E-state index >= 15 is 0 Å². The molecule has 1 aromatic rings. The van der Waals surface area contributed by atoms with Crippen LogP contribution in [-0.4, -0.2) is 13.2 Å². The van der Waals surface area contributed by atoms with Crippen LogP contribution in [0.1, 0.15) is 51.1 Å². The van der Waals surface area contributed by atoms with Crippen LogP contribution in [0.15, 0.2) is 18.2 Å². The maximum absolute atomic E-state index is 6.18. The molecule has 0 radical (unpaired) electrons. The molecule has 1 aliphatic rings. The Morgan fingerprint density at radius 2 is 1.79 bits per heavy atom. The molecule has 0 bridgehead atoms. The average Bonchev–Trinajstić information content (AvgIpc) is 2.40. The molecular formula is C16H25NO2. The van der Waals surface area contributed by atoms with Crippen LogP contribution in [0.2, 0.25) is 0 Å². The standard InChI is InChI=1S/C16H25NO2/c1-11-7-9-13(10-8-11)19-15-6-4-5-14(18-3)16(15)12(2)17/h4-6,11-13H,7-10,17H2,1-3H3/t11?,12-,13?/m1/s1. The zero-order chi connectivity index (χ0) is 13.8. The van der Waals surface area contributed by atoms with E-state index in [1.807, 2.05) is 25.1 Å². The number of ether oxygens (including phenoxy) is 2. The van der Waals surface area contributed by atoms with Crippen LogP contribution in [0.25, 0.3) is 0 Å². The largest absolute Gasteiger partial charge is 0.496 e. The number of methoxy groups -OCH3 is 1. The molecule has 1 saturated carbocycles. The highest BCUT2D eigenvalue weighted by Gasteiger charge is 2.22. The predicted octanol–water partition coefficient (Wildman–Crippen LogP) is 3.67. The summed E-state index contributed by atoms with van der Waals surface area (Å²) in [6.07, 6.45) is 5.10. The smallest absolute Gasteiger partial charge is 0.128 e. The fourth-order valence-corrected chi connectivity index (χ4v) is 2.78. The summed E-state index contributed by atoms with van der Waals surface area (Å²) in [6.45, 7) is 4.28. The number of hydrogen-bond acceptors (Lipinski definition) is 3. The summed E-state index contributed by atoms with van der Waals surface area (Å²) in [6, 6.07) is 5.81. The van der Waals surface area contributed by atoms with Gasteiger partial charge in [0.1, 0.15) is 11.5 Å². The molecule has 0 amide bonds. The Hall–Kier alpha value is -1.22. The van der Waals surface area contributed by atoms with Gasteiger partial charge in [0.15, 0.2) is 0 Å². The summed E-state index contributed by atoms with van der Waals surface area (Å²) in [7, 11) is 1.67. The Balaban J connectivity index is 2.15. The number of rotatable bonds is 4. The first-order chi connectivity index (χ1) is 9.11. The van der Waals surface area contributed by atoms with Gasteiger partial charge in [-0.15, -0.1) is 0 Å². The molecule has 1 fully saturated rings. The van der Waals surface area contributed by atoms with Crippen LogP contribution in [-0.2, 0) is 0 Å². The first kappa shape index (κ1) is 14.2. The van der Waals surface area contributed by atoms with Gasteiger partial charge in [-0.2, -0.15) is 0 Å². The summed E-state index contributed by atoms with van der Waals surface area (Å²) in [5.41, 5.74) is 7.03. The fourth-order valence-electron chi connectivity index (χ4n) is 2.78. The summed E-state index contributed by atoms with van der Waals surface area (Å²) in [5.74, 6) is 2.53. The Labute approximate surface area is 116 Å². The Kier molecular flexibility index (Phi) is 4.70. The van der Waals surface area contributed by atoms with E-state index in [0.29, 0.717) is 6.10 Å². The van der Waals surface area contributed by atoms with Gasteiger partial charge in [0, 0.05) is 6.04 Å². The summed E-state index contributed by atoms with van der Waals surface area (Å²) >= 11 is 0. The molecule has 3 heteroatoms. The molecule has 19 heavy (non-hydrogen) atoms. The van der Waals surface area contributed by atoms with E-state index in [4.69, 9.17) is 15.2 Å². The molecular weight excluding hydrogens is 238 g/mol. The van der Waals surface area contributed by atoms with Gasteiger partial charge in [0.05, 0.1) is 18.8 Å². The number of benzene rings is 1. The van der Waals surface area contributed by atoms with E-state index in [0.717, 1.165) is 35.8 Å². The van der Waals surface area contributed by atoms with E-state index in [9.17, 15) is 0 Å². The SMILES string of the molecule is COc1cccc(OC2CCC(C)CC2)c1[C@@H](C)N. The molecule has 0 aromatic heterocycles. The first-order valence-electron chi connectivity index (χ1n) is 7.21. The monoisotopic (exact) mass is 263 g/mol. The van der Waals surface area contributed by atoms with Gasteiger partial charge in [0.25, 0.3) is 0 Å². The van der Waals surface area contributed by atoms with Crippen LogP contribution in [0.4, 0.5) is 0 Å². The van der Waals surface area contributed by atoms with Crippen molar-refractivity contribution in [2.24, 2.45) is 11.7 Å². The van der Waals surface area contributed by atoms with Crippen molar-refractivity contribution in [2.75, 3.05) is 7.11 Å². The lowest BCUT2D eigenvalue weighted by Gasteiger charge is -2.28. The second-order valence-electron chi connectivity index (χ2n) is 5.66. The maximum atomic E-state index is 6.18. The van der Waals surface area contributed by atoms with Gasteiger partial charge in [-0.3, -0.25) is 0 Å². The van der Waals surface area contributed by atoms with Crippen LogP contribution >= 0.6 is 0 Å². The minimum Gasteiger partial charge on any atom is -0.496 e. The van der Waals surface area contributed by atoms with Crippen molar-refractivity contribution in [3.8, 4) is 11.5 Å². The minimum atomic E-state index is -0.0892. The van der Waals surface area contributed by atoms with Crippen molar-refractivity contribution >= 4 is 0 Å². The third kappa shape index (κ3) is 3.41. The van der Waals surface area contributed by atoms with Crippen LogP contribution in [0.3, 0.4) is 0 Å². The third-order valence-electron chi connectivity index (χ3n) is 3.96. The topological polar surface area (TPSA) is 44.5 Å². The second-order valence-corrected chi connectivity index (χ2v) is 5.66. The first-order valence-corrected chi connectivity index (χ1v) is 7.21. The van der Waals surface area contributed by atoms with Crippen molar-refractivity contribution < 1.29 is 9.47 Å². The lowest BCUT2D eigenvalue weighted by atomic mass is 9.89. The van der Waals surface area contributed by atoms with Crippen molar-refractivity contribution in [1.82, 2.24) is 0 Å². The maximum Gasteiger partial charge on any atom is 0.128 e. The van der Waals surface area contributed by atoms with E-state index in [2.05, 4.69) is 6.92 Å². The highest BCUT2D eigenvalue weighted by atomic mass is 16.5. The lowest BCUT2D eigenvalue weighted by Crippen LogP contribution is -2.24. The van der Waals surface area contributed by atoms with Crippen molar-refractivity contribution in [3.05, 3.63) is 23.8 Å². The van der Waals surface area contributed by atoms with E-state index in [1.54, 1.807) is 7.11 Å². The van der Waals surface area contributed by atoms with Gasteiger partial charge in [-0.25, -0.2) is 0 Å². The third-order valence-corrected chi connectivity index (χ3v) is 3.96. The molecule has 0 spiro atoms. The van der Waals surface area contributed by atoms with Gasteiger partial charge in [-0.1, -0.05) is 13.0 Å². The van der Waals surface area contributed by atoms with Crippen LogP contribution < -0.4 is 15.2 Å². The highest BCUT2D eigenvalue weighted by molar-refractivity contribution is 5.46. The molecule has 0 unspecified atom stereocenters. The Morgan fingerprint density at radius 3 is 2.37 bits per heavy atom. The van der Waals surface area contributed by atoms with E-state index in [-0.39, 0.29) is 6.04 Å². The molecule has 2 rings (SSSR count). The molecule has 1 atom stereocenters. The summed E-state index contributed by atoms with van der Waals surface area (Å²) in [5, 5.41) is 0. The van der Waals surface area contributed by atoms with E-state index in [1.165, 1.54) is 12.8 Å². The van der Waals surface area contributed by atoms with Gasteiger partial charge in [-0.05, 0) is 50.7 Å². The summed E-state index contributed by atoms with van der Waals surface area (Å²) in [4.78, 5) is 0. The second kappa shape index (κ2) is 6.29. The predicted molar refractivity (Wildman–Crippen MR) is 77.6 cm³/mol. The van der Waals surface area contributed by atoms with Gasteiger partial charge >= 0.3 is 0 Å². The summed E-state index contributed by atoms with van der Waals surface area (Å²) < 4.78 is 11.6. The van der Waals surface area contributed by atoms with Crippen LogP contribution in [0.5, 0.6) is 11.5 Å². The molecule has 0 heterocycles. The van der Waals surface area contributed by atoms with Gasteiger partial charge in [0.2, 0.25) is 0 Å². The van der Waals surface area contributed by atoms with Gasteiger partial charge < -0.3 is 15.2 Å². The zero-order valence-electron chi connectivity index (χ0n) is 12.2. The molecule has 0 saturated heterocycles. The lowest BCUT2D eigenvalue weighted by molar-refractivity contribution is 0.133. The quantitative estimate of drug-likeness (QED) is 0.901. The fraction of sp³-hybridized carbons (Fsp3) is 0.625. The normalized spacial score (nSPS) is 24.8. The number of nitrogens with two attached hydrogens (primary N) is 1. The molecule has 106 valence electrons.